The second-order valence-corrected chi connectivity index (χ2v) is 5.91. The van der Waals surface area contributed by atoms with E-state index >= 15 is 0 Å². The Bertz CT molecular complexity index is 726. The molecule has 1 fully saturated rings. The standard InChI is InChI=1S/C17H22N4O3/c1-2-21-8-7-18-16(21)15(12-5-9-24-10-6-12)20-17(23)13-3-4-14(22)19-11-13/h3-4,7-8,11-12,15H,2,5-6,9-10H2,1H3,(H,19,22)(H,20,23)/t15-/m1/s1. The van der Waals surface area contributed by atoms with Crippen molar-refractivity contribution in [3.05, 3.63) is 52.5 Å². The minimum absolute atomic E-state index is 0.178. The molecular weight excluding hydrogens is 308 g/mol. The molecule has 2 aromatic heterocycles. The molecule has 2 N–H and O–H groups in total. The summed E-state index contributed by atoms with van der Waals surface area (Å²) in [6.07, 6.45) is 6.89. The number of rotatable bonds is 5. The van der Waals surface area contributed by atoms with Crippen LogP contribution >= 0.6 is 0 Å². The van der Waals surface area contributed by atoms with Gasteiger partial charge in [-0.05, 0) is 31.7 Å². The summed E-state index contributed by atoms with van der Waals surface area (Å²) in [5.74, 6) is 0.925. The molecule has 1 aliphatic heterocycles. The number of ether oxygens (including phenoxy) is 1. The van der Waals surface area contributed by atoms with Gasteiger partial charge in [0, 0.05) is 44.4 Å². The van der Waals surface area contributed by atoms with Gasteiger partial charge in [0.25, 0.3) is 5.91 Å². The predicted molar refractivity (Wildman–Crippen MR) is 88.7 cm³/mol. The number of aryl methyl sites for hydroxylation is 1. The summed E-state index contributed by atoms with van der Waals surface area (Å²) >= 11 is 0. The number of H-pyrrole nitrogens is 1. The normalized spacial score (nSPS) is 16.7. The van der Waals surface area contributed by atoms with Crippen LogP contribution in [0.2, 0.25) is 0 Å². The van der Waals surface area contributed by atoms with Gasteiger partial charge in [-0.15, -0.1) is 0 Å². The molecule has 3 heterocycles. The molecule has 1 aliphatic rings. The van der Waals surface area contributed by atoms with Crippen LogP contribution in [0, 0.1) is 5.92 Å². The number of imidazole rings is 1. The number of nitrogens with one attached hydrogen (secondary N) is 2. The van der Waals surface area contributed by atoms with Crippen LogP contribution in [0.1, 0.15) is 42.0 Å². The van der Waals surface area contributed by atoms with Crippen molar-refractivity contribution in [2.75, 3.05) is 13.2 Å². The summed E-state index contributed by atoms with van der Waals surface area (Å²) in [5, 5.41) is 3.10. The lowest BCUT2D eigenvalue weighted by molar-refractivity contribution is 0.0498. The Hall–Kier alpha value is -2.41. The second-order valence-electron chi connectivity index (χ2n) is 5.91. The monoisotopic (exact) mass is 330 g/mol. The number of carbonyl (C=O) groups excluding carboxylic acids is 1. The minimum Gasteiger partial charge on any atom is -0.381 e. The molecule has 128 valence electrons. The summed E-state index contributed by atoms with van der Waals surface area (Å²) in [4.78, 5) is 30.8. The lowest BCUT2D eigenvalue weighted by Gasteiger charge is -2.31. The molecule has 3 rings (SSSR count). The highest BCUT2D eigenvalue weighted by Crippen LogP contribution is 2.29. The van der Waals surface area contributed by atoms with Crippen molar-refractivity contribution < 1.29 is 9.53 Å². The number of amides is 1. The van der Waals surface area contributed by atoms with Crippen LogP contribution in [0.25, 0.3) is 0 Å². The molecule has 1 atom stereocenters. The Labute approximate surface area is 140 Å². The molecule has 0 spiro atoms. The smallest absolute Gasteiger partial charge is 0.253 e. The van der Waals surface area contributed by atoms with E-state index in [0.29, 0.717) is 18.8 Å². The second kappa shape index (κ2) is 7.44. The van der Waals surface area contributed by atoms with Crippen LogP contribution in [0.15, 0.2) is 35.5 Å². The highest BCUT2D eigenvalue weighted by Gasteiger charge is 2.30. The zero-order chi connectivity index (χ0) is 16.9. The van der Waals surface area contributed by atoms with Gasteiger partial charge in [-0.2, -0.15) is 0 Å². The van der Waals surface area contributed by atoms with E-state index in [1.165, 1.54) is 18.3 Å². The first-order valence-corrected chi connectivity index (χ1v) is 8.27. The predicted octanol–water partition coefficient (Wildman–Crippen LogP) is 1.49. The SMILES string of the molecule is CCn1ccnc1[C@H](NC(=O)c1ccc(=O)[nH]c1)C1CCOCC1. The van der Waals surface area contributed by atoms with Gasteiger partial charge in [-0.1, -0.05) is 0 Å². The fraction of sp³-hybridized carbons (Fsp3) is 0.471. The van der Waals surface area contributed by atoms with E-state index in [2.05, 4.69) is 22.2 Å². The van der Waals surface area contributed by atoms with E-state index < -0.39 is 0 Å². The summed E-state index contributed by atoms with van der Waals surface area (Å²) in [6, 6.07) is 2.70. The van der Waals surface area contributed by atoms with Crippen LogP contribution in [0.4, 0.5) is 0 Å². The molecule has 0 bridgehead atoms. The van der Waals surface area contributed by atoms with Crippen LogP contribution in [0.5, 0.6) is 0 Å². The van der Waals surface area contributed by atoms with Crippen molar-refractivity contribution in [3.63, 3.8) is 0 Å². The Morgan fingerprint density at radius 2 is 2.25 bits per heavy atom. The lowest BCUT2D eigenvalue weighted by atomic mass is 9.90. The maximum atomic E-state index is 12.6. The van der Waals surface area contributed by atoms with Gasteiger partial charge in [0.05, 0.1) is 11.6 Å². The maximum Gasteiger partial charge on any atom is 0.253 e. The first-order valence-electron chi connectivity index (χ1n) is 8.27. The molecule has 7 heteroatoms. The van der Waals surface area contributed by atoms with Crippen LogP contribution in [-0.4, -0.2) is 33.7 Å². The van der Waals surface area contributed by atoms with E-state index in [0.717, 1.165) is 25.2 Å². The van der Waals surface area contributed by atoms with E-state index in [4.69, 9.17) is 4.74 Å². The maximum absolute atomic E-state index is 12.6. The number of nitrogens with zero attached hydrogens (tertiary/aromatic N) is 2. The fourth-order valence-corrected chi connectivity index (χ4v) is 3.09. The highest BCUT2D eigenvalue weighted by molar-refractivity contribution is 5.94. The van der Waals surface area contributed by atoms with Crippen molar-refractivity contribution >= 4 is 5.91 Å². The largest absolute Gasteiger partial charge is 0.381 e. The van der Waals surface area contributed by atoms with Gasteiger partial charge in [0.2, 0.25) is 5.56 Å². The average Bonchev–Trinajstić information content (AvgIpc) is 3.09. The molecule has 0 radical (unpaired) electrons. The highest BCUT2D eigenvalue weighted by atomic mass is 16.5. The van der Waals surface area contributed by atoms with Gasteiger partial charge in [0.1, 0.15) is 5.82 Å². The molecule has 1 amide bonds. The third-order valence-corrected chi connectivity index (χ3v) is 4.44. The van der Waals surface area contributed by atoms with Gasteiger partial charge >= 0.3 is 0 Å². The Kier molecular flexibility index (Phi) is 5.10. The van der Waals surface area contributed by atoms with E-state index in [9.17, 15) is 9.59 Å². The van der Waals surface area contributed by atoms with E-state index in [1.807, 2.05) is 10.8 Å². The molecule has 2 aromatic rings. The average molecular weight is 330 g/mol. The van der Waals surface area contributed by atoms with Crippen molar-refractivity contribution in [1.82, 2.24) is 19.9 Å². The first-order chi connectivity index (χ1) is 11.7. The summed E-state index contributed by atoms with van der Waals surface area (Å²) < 4.78 is 7.50. The van der Waals surface area contributed by atoms with Crippen molar-refractivity contribution in [2.24, 2.45) is 5.92 Å². The molecule has 1 saturated heterocycles. The quantitative estimate of drug-likeness (QED) is 0.869. The number of aromatic nitrogens is 3. The van der Waals surface area contributed by atoms with Crippen molar-refractivity contribution in [1.29, 1.82) is 0 Å². The molecule has 0 unspecified atom stereocenters. The van der Waals surface area contributed by atoms with Gasteiger partial charge < -0.3 is 19.6 Å². The summed E-state index contributed by atoms with van der Waals surface area (Å²) in [7, 11) is 0. The summed E-state index contributed by atoms with van der Waals surface area (Å²) in [6.45, 7) is 4.24. The van der Waals surface area contributed by atoms with Crippen molar-refractivity contribution in [3.8, 4) is 0 Å². The zero-order valence-electron chi connectivity index (χ0n) is 13.7. The first kappa shape index (κ1) is 16.4. The molecule has 7 nitrogen and oxygen atoms in total. The van der Waals surface area contributed by atoms with Crippen LogP contribution in [0.3, 0.4) is 0 Å². The zero-order valence-corrected chi connectivity index (χ0v) is 13.7. The van der Waals surface area contributed by atoms with Crippen LogP contribution < -0.4 is 10.9 Å². The Morgan fingerprint density at radius 3 is 2.92 bits per heavy atom. The third-order valence-electron chi connectivity index (χ3n) is 4.44. The summed E-state index contributed by atoms with van der Waals surface area (Å²) in [5.41, 5.74) is 0.204. The van der Waals surface area contributed by atoms with Gasteiger partial charge in [0.15, 0.2) is 0 Å². The number of pyridine rings is 1. The number of aromatic amines is 1. The molecule has 0 aromatic carbocycles. The Balaban J connectivity index is 1.85. The molecule has 0 aliphatic carbocycles. The van der Waals surface area contributed by atoms with Gasteiger partial charge in [-0.25, -0.2) is 4.98 Å². The van der Waals surface area contributed by atoms with Crippen molar-refractivity contribution in [2.45, 2.75) is 32.4 Å². The van der Waals surface area contributed by atoms with E-state index in [-0.39, 0.29) is 23.4 Å². The molecular formula is C17H22N4O3. The van der Waals surface area contributed by atoms with E-state index in [1.54, 1.807) is 6.20 Å². The minimum atomic E-state index is -0.228. The Morgan fingerprint density at radius 1 is 1.46 bits per heavy atom. The number of hydrogen-bond acceptors (Lipinski definition) is 4. The topological polar surface area (TPSA) is 89.0 Å². The fourth-order valence-electron chi connectivity index (χ4n) is 3.09. The molecule has 24 heavy (non-hydrogen) atoms. The van der Waals surface area contributed by atoms with Crippen LogP contribution in [-0.2, 0) is 11.3 Å². The van der Waals surface area contributed by atoms with Gasteiger partial charge in [-0.3, -0.25) is 9.59 Å². The lowest BCUT2D eigenvalue weighted by Crippen LogP contribution is -2.37. The number of carbonyl (C=O) groups is 1. The molecule has 0 saturated carbocycles. The number of hydrogen-bond donors (Lipinski definition) is 2. The third kappa shape index (κ3) is 3.56.